The van der Waals surface area contributed by atoms with E-state index in [1.165, 1.54) is 29.6 Å². The molecular formula is C12H18. The van der Waals surface area contributed by atoms with Crippen molar-refractivity contribution in [3.05, 3.63) is 36.0 Å². The summed E-state index contributed by atoms with van der Waals surface area (Å²) in [6.45, 7) is 14.6. The van der Waals surface area contributed by atoms with Gasteiger partial charge in [-0.1, -0.05) is 40.0 Å². The van der Waals surface area contributed by atoms with E-state index in [0.29, 0.717) is 0 Å². The van der Waals surface area contributed by atoms with Crippen LogP contribution in [0.3, 0.4) is 0 Å². The predicted octanol–water partition coefficient (Wildman–Crippen LogP) is 3.87. The Hall–Kier alpha value is -0.780. The summed E-state index contributed by atoms with van der Waals surface area (Å²) in [5.74, 6) is 0. The first kappa shape index (κ1) is 9.31. The van der Waals surface area contributed by atoms with E-state index in [1.807, 2.05) is 6.08 Å². The van der Waals surface area contributed by atoms with Gasteiger partial charge in [-0.3, -0.25) is 0 Å². The molecule has 0 aromatic heterocycles. The van der Waals surface area contributed by atoms with Crippen molar-refractivity contribution < 1.29 is 0 Å². The maximum absolute atomic E-state index is 4.14. The lowest BCUT2D eigenvalue weighted by Gasteiger charge is -2.31. The van der Waals surface area contributed by atoms with E-state index >= 15 is 0 Å². The van der Waals surface area contributed by atoms with E-state index in [4.69, 9.17) is 0 Å². The molecule has 66 valence electrons. The minimum atomic E-state index is 0.212. The Balaban J connectivity index is 2.86. The second-order valence-corrected chi connectivity index (χ2v) is 4.44. The second-order valence-electron chi connectivity index (χ2n) is 4.44. The van der Waals surface area contributed by atoms with Gasteiger partial charge in [0.1, 0.15) is 0 Å². The van der Waals surface area contributed by atoms with E-state index in [9.17, 15) is 0 Å². The van der Waals surface area contributed by atoms with Gasteiger partial charge < -0.3 is 0 Å². The molecule has 0 spiro atoms. The molecule has 1 rings (SSSR count). The highest BCUT2D eigenvalue weighted by Gasteiger charge is 2.24. The van der Waals surface area contributed by atoms with Crippen molar-refractivity contribution in [3.8, 4) is 0 Å². The smallest absolute Gasteiger partial charge is 0.0135 e. The summed E-state index contributed by atoms with van der Waals surface area (Å²) in [5, 5.41) is 0. The highest BCUT2D eigenvalue weighted by molar-refractivity contribution is 5.46. The normalized spacial score (nSPS) is 17.2. The molecule has 0 radical (unpaired) electrons. The van der Waals surface area contributed by atoms with Gasteiger partial charge in [-0.15, -0.1) is 0 Å². The topological polar surface area (TPSA) is 0 Å². The molecule has 0 N–H and O–H groups in total. The molecule has 0 aliphatic heterocycles. The summed E-state index contributed by atoms with van der Waals surface area (Å²) < 4.78 is 0. The van der Waals surface area contributed by atoms with Crippen molar-refractivity contribution in [2.45, 2.75) is 33.6 Å². The summed E-state index contributed by atoms with van der Waals surface area (Å²) >= 11 is 0. The van der Waals surface area contributed by atoms with Crippen LogP contribution in [0, 0.1) is 5.41 Å². The van der Waals surface area contributed by atoms with Crippen LogP contribution >= 0.6 is 0 Å². The maximum Gasteiger partial charge on any atom is -0.0135 e. The molecule has 12 heavy (non-hydrogen) atoms. The third-order valence-electron chi connectivity index (χ3n) is 2.55. The van der Waals surface area contributed by atoms with Crippen LogP contribution < -0.4 is 0 Å². The van der Waals surface area contributed by atoms with E-state index in [0.717, 1.165) is 0 Å². The second kappa shape index (κ2) is 2.93. The molecule has 0 fully saturated rings. The maximum atomic E-state index is 4.14. The van der Waals surface area contributed by atoms with Gasteiger partial charge in [0.05, 0.1) is 0 Å². The first-order valence-electron chi connectivity index (χ1n) is 4.51. The summed E-state index contributed by atoms with van der Waals surface area (Å²) in [7, 11) is 0. The molecule has 0 heterocycles. The molecule has 0 bridgehead atoms. The molecule has 1 aliphatic carbocycles. The fraction of sp³-hybridized carbons (Fsp3) is 0.500. The SMILES string of the molecule is C=CC1=C(C(=C)C(C)(C)C)CC1. The van der Waals surface area contributed by atoms with Crippen LogP contribution in [0.1, 0.15) is 33.6 Å². The van der Waals surface area contributed by atoms with Gasteiger partial charge in [-0.25, -0.2) is 0 Å². The number of hydrogen-bond donors (Lipinski definition) is 0. The Morgan fingerprint density at radius 1 is 1.33 bits per heavy atom. The van der Waals surface area contributed by atoms with Crippen LogP contribution in [-0.2, 0) is 0 Å². The quantitative estimate of drug-likeness (QED) is 0.578. The van der Waals surface area contributed by atoms with Crippen LogP contribution in [0.2, 0.25) is 0 Å². The Morgan fingerprint density at radius 3 is 2.17 bits per heavy atom. The first-order chi connectivity index (χ1) is 5.46. The van der Waals surface area contributed by atoms with E-state index in [1.54, 1.807) is 0 Å². The molecule has 1 aliphatic rings. The molecule has 0 saturated carbocycles. The predicted molar refractivity (Wildman–Crippen MR) is 55.1 cm³/mol. The van der Waals surface area contributed by atoms with Gasteiger partial charge in [0, 0.05) is 0 Å². The lowest BCUT2D eigenvalue weighted by molar-refractivity contribution is 0.501. The zero-order valence-electron chi connectivity index (χ0n) is 8.41. The standard InChI is InChI=1S/C12H18/c1-6-10-7-8-11(10)9(2)12(3,4)5/h6H,1-2,7-8H2,3-5H3. The zero-order chi connectivity index (χ0) is 9.35. The lowest BCUT2D eigenvalue weighted by Crippen LogP contribution is -2.15. The molecule has 0 heteroatoms. The highest BCUT2D eigenvalue weighted by Crippen LogP contribution is 2.40. The molecular weight excluding hydrogens is 144 g/mol. The zero-order valence-corrected chi connectivity index (χ0v) is 8.41. The van der Waals surface area contributed by atoms with Gasteiger partial charge in [-0.2, -0.15) is 0 Å². The molecule has 0 aromatic carbocycles. The average Bonchev–Trinajstić information content (AvgIpc) is 1.84. The van der Waals surface area contributed by atoms with Crippen molar-refractivity contribution >= 4 is 0 Å². The van der Waals surface area contributed by atoms with Gasteiger partial charge in [0.15, 0.2) is 0 Å². The number of hydrogen-bond acceptors (Lipinski definition) is 0. The Labute approximate surface area is 75.7 Å². The Morgan fingerprint density at radius 2 is 1.92 bits per heavy atom. The van der Waals surface area contributed by atoms with E-state index < -0.39 is 0 Å². The fourth-order valence-corrected chi connectivity index (χ4v) is 1.42. The molecule has 0 saturated heterocycles. The lowest BCUT2D eigenvalue weighted by atomic mass is 9.74. The van der Waals surface area contributed by atoms with Gasteiger partial charge >= 0.3 is 0 Å². The molecule has 0 unspecified atom stereocenters. The van der Waals surface area contributed by atoms with E-state index in [-0.39, 0.29) is 5.41 Å². The van der Waals surface area contributed by atoms with Crippen molar-refractivity contribution in [3.63, 3.8) is 0 Å². The summed E-state index contributed by atoms with van der Waals surface area (Å²) in [5.41, 5.74) is 4.33. The third kappa shape index (κ3) is 1.52. The van der Waals surface area contributed by atoms with Gasteiger partial charge in [0.25, 0.3) is 0 Å². The summed E-state index contributed by atoms with van der Waals surface area (Å²) in [6.07, 6.45) is 4.35. The molecule has 0 aromatic rings. The van der Waals surface area contributed by atoms with Crippen LogP contribution in [-0.4, -0.2) is 0 Å². The highest BCUT2D eigenvalue weighted by atomic mass is 14.3. The van der Waals surface area contributed by atoms with Gasteiger partial charge in [-0.05, 0) is 35.0 Å². The minimum Gasteiger partial charge on any atom is -0.0988 e. The molecule has 0 amide bonds. The summed E-state index contributed by atoms with van der Waals surface area (Å²) in [6, 6.07) is 0. The minimum absolute atomic E-state index is 0.212. The van der Waals surface area contributed by atoms with Crippen LogP contribution in [0.25, 0.3) is 0 Å². The third-order valence-corrected chi connectivity index (χ3v) is 2.55. The largest absolute Gasteiger partial charge is 0.0988 e. The Bertz CT molecular complexity index is 246. The summed E-state index contributed by atoms with van der Waals surface area (Å²) in [4.78, 5) is 0. The van der Waals surface area contributed by atoms with Crippen molar-refractivity contribution in [2.24, 2.45) is 5.41 Å². The monoisotopic (exact) mass is 162 g/mol. The van der Waals surface area contributed by atoms with E-state index in [2.05, 4.69) is 33.9 Å². The van der Waals surface area contributed by atoms with Crippen molar-refractivity contribution in [1.82, 2.24) is 0 Å². The van der Waals surface area contributed by atoms with Crippen molar-refractivity contribution in [2.75, 3.05) is 0 Å². The number of allylic oxidation sites excluding steroid dienone is 4. The van der Waals surface area contributed by atoms with Crippen LogP contribution in [0.4, 0.5) is 0 Å². The average molecular weight is 162 g/mol. The fourth-order valence-electron chi connectivity index (χ4n) is 1.42. The van der Waals surface area contributed by atoms with Crippen molar-refractivity contribution in [1.29, 1.82) is 0 Å². The number of rotatable bonds is 2. The van der Waals surface area contributed by atoms with Crippen LogP contribution in [0.15, 0.2) is 36.0 Å². The molecule has 0 atom stereocenters. The Kier molecular flexibility index (Phi) is 2.27. The van der Waals surface area contributed by atoms with Gasteiger partial charge in [0.2, 0.25) is 0 Å². The first-order valence-corrected chi connectivity index (χ1v) is 4.51. The van der Waals surface area contributed by atoms with Crippen LogP contribution in [0.5, 0.6) is 0 Å². The molecule has 0 nitrogen and oxygen atoms in total.